The zero-order valence-electron chi connectivity index (χ0n) is 16.7. The van der Waals surface area contributed by atoms with Crippen LogP contribution in [0.3, 0.4) is 0 Å². The summed E-state index contributed by atoms with van der Waals surface area (Å²) in [4.78, 5) is 30.7. The molecular formula is C21H26ClN3O4. The Bertz CT molecular complexity index is 975. The summed E-state index contributed by atoms with van der Waals surface area (Å²) >= 11 is 0. The van der Waals surface area contributed by atoms with Crippen molar-refractivity contribution in [1.29, 1.82) is 0 Å². The number of aromatic nitrogens is 1. The van der Waals surface area contributed by atoms with Crippen LogP contribution in [0.15, 0.2) is 29.1 Å². The molecule has 29 heavy (non-hydrogen) atoms. The van der Waals surface area contributed by atoms with Gasteiger partial charge in [-0.15, -0.1) is 12.4 Å². The molecule has 0 radical (unpaired) electrons. The maximum atomic E-state index is 12.1. The Hall–Kier alpha value is -2.51. The van der Waals surface area contributed by atoms with Crippen molar-refractivity contribution in [2.24, 2.45) is 11.8 Å². The lowest BCUT2D eigenvalue weighted by Gasteiger charge is -2.24. The number of piperidine rings is 1. The Kier molecular flexibility index (Phi) is 5.65. The van der Waals surface area contributed by atoms with E-state index in [0.717, 1.165) is 36.2 Å². The summed E-state index contributed by atoms with van der Waals surface area (Å²) in [7, 11) is 4.28. The average molecular weight is 420 g/mol. The van der Waals surface area contributed by atoms with Gasteiger partial charge in [0.15, 0.2) is 5.56 Å². The lowest BCUT2D eigenvalue weighted by molar-refractivity contribution is 0.0691. The number of aromatic carboxylic acids is 1. The van der Waals surface area contributed by atoms with Gasteiger partial charge in [-0.05, 0) is 50.0 Å². The fourth-order valence-electron chi connectivity index (χ4n) is 4.73. The molecule has 1 aromatic carbocycles. The molecule has 2 aliphatic rings. The lowest BCUT2D eigenvalue weighted by atomic mass is 10.0. The summed E-state index contributed by atoms with van der Waals surface area (Å²) in [5, 5.41) is 19.5. The van der Waals surface area contributed by atoms with Crippen molar-refractivity contribution in [1.82, 2.24) is 9.88 Å². The molecule has 0 spiro atoms. The molecule has 8 heteroatoms. The molecule has 0 bridgehead atoms. The maximum Gasteiger partial charge on any atom is 0.345 e. The van der Waals surface area contributed by atoms with Crippen LogP contribution in [0.1, 0.15) is 22.8 Å². The predicted molar refractivity (Wildman–Crippen MR) is 114 cm³/mol. The lowest BCUT2D eigenvalue weighted by Crippen LogP contribution is -2.30. The normalized spacial score (nSPS) is 22.3. The maximum absolute atomic E-state index is 12.1. The van der Waals surface area contributed by atoms with Crippen LogP contribution in [0.2, 0.25) is 0 Å². The highest BCUT2D eigenvalue weighted by Gasteiger charge is 2.56. The van der Waals surface area contributed by atoms with Gasteiger partial charge in [0.2, 0.25) is 0 Å². The second-order valence-electron chi connectivity index (χ2n) is 7.92. The number of halogens is 1. The van der Waals surface area contributed by atoms with Crippen LogP contribution in [-0.4, -0.2) is 59.3 Å². The van der Waals surface area contributed by atoms with E-state index >= 15 is 0 Å². The number of carbonyl (C=O) groups is 1. The van der Waals surface area contributed by atoms with Crippen molar-refractivity contribution in [3.8, 4) is 17.0 Å². The number of pyridine rings is 1. The Morgan fingerprint density at radius 3 is 2.28 bits per heavy atom. The molecule has 156 valence electrons. The van der Waals surface area contributed by atoms with Crippen LogP contribution in [0, 0.1) is 11.8 Å². The molecule has 0 amide bonds. The summed E-state index contributed by atoms with van der Waals surface area (Å²) in [6.07, 6.45) is 0.404. The van der Waals surface area contributed by atoms with Crippen molar-refractivity contribution in [3.63, 3.8) is 0 Å². The van der Waals surface area contributed by atoms with E-state index in [1.807, 2.05) is 31.2 Å². The summed E-state index contributed by atoms with van der Waals surface area (Å²) in [5.74, 6) is -0.414. The van der Waals surface area contributed by atoms with Crippen LogP contribution in [0.5, 0.6) is 5.75 Å². The second-order valence-corrected chi connectivity index (χ2v) is 7.92. The van der Waals surface area contributed by atoms with Crippen molar-refractivity contribution >= 4 is 24.1 Å². The van der Waals surface area contributed by atoms with Crippen LogP contribution in [0.25, 0.3) is 11.3 Å². The van der Waals surface area contributed by atoms with E-state index in [2.05, 4.69) is 28.9 Å². The molecular weight excluding hydrogens is 394 g/mol. The van der Waals surface area contributed by atoms with Gasteiger partial charge in [0, 0.05) is 30.4 Å². The summed E-state index contributed by atoms with van der Waals surface area (Å²) in [6.45, 7) is 3.92. The van der Waals surface area contributed by atoms with Gasteiger partial charge in [-0.25, -0.2) is 4.79 Å². The number of carboxylic acid groups (broad SMARTS) is 1. The van der Waals surface area contributed by atoms with E-state index in [1.165, 1.54) is 0 Å². The minimum atomic E-state index is -1.43. The van der Waals surface area contributed by atoms with Crippen molar-refractivity contribution < 1.29 is 15.0 Å². The van der Waals surface area contributed by atoms with E-state index in [4.69, 9.17) is 0 Å². The number of hydrogen-bond acceptors (Lipinski definition) is 5. The van der Waals surface area contributed by atoms with E-state index in [1.54, 1.807) is 0 Å². The first-order chi connectivity index (χ1) is 13.3. The first kappa shape index (κ1) is 21.2. The van der Waals surface area contributed by atoms with E-state index in [9.17, 15) is 19.8 Å². The molecule has 2 fully saturated rings. The predicted octanol–water partition coefficient (Wildman–Crippen LogP) is 2.43. The fourth-order valence-corrected chi connectivity index (χ4v) is 4.73. The molecule has 4 rings (SSSR count). The van der Waals surface area contributed by atoms with Crippen LogP contribution < -0.4 is 10.5 Å². The molecule has 2 unspecified atom stereocenters. The molecule has 7 nitrogen and oxygen atoms in total. The van der Waals surface area contributed by atoms with Crippen LogP contribution >= 0.6 is 12.4 Å². The van der Waals surface area contributed by atoms with Gasteiger partial charge < -0.3 is 25.0 Å². The highest BCUT2D eigenvalue weighted by molar-refractivity contribution is 5.92. The first-order valence-corrected chi connectivity index (χ1v) is 9.56. The third-order valence-corrected chi connectivity index (χ3v) is 6.12. The summed E-state index contributed by atoms with van der Waals surface area (Å²) in [6, 6.07) is 8.55. The van der Waals surface area contributed by atoms with Crippen LogP contribution in [0.4, 0.5) is 5.69 Å². The minimum Gasteiger partial charge on any atom is -0.506 e. The largest absolute Gasteiger partial charge is 0.506 e. The van der Waals surface area contributed by atoms with Crippen molar-refractivity contribution in [3.05, 3.63) is 45.7 Å². The van der Waals surface area contributed by atoms with Gasteiger partial charge in [0.05, 0.1) is 5.69 Å². The average Bonchev–Trinajstić information content (AvgIpc) is 3.16. The Morgan fingerprint density at radius 2 is 1.79 bits per heavy atom. The third-order valence-electron chi connectivity index (χ3n) is 6.12. The molecule has 1 saturated carbocycles. The van der Waals surface area contributed by atoms with Gasteiger partial charge in [-0.3, -0.25) is 4.79 Å². The zero-order valence-corrected chi connectivity index (χ0v) is 17.5. The summed E-state index contributed by atoms with van der Waals surface area (Å²) < 4.78 is 0. The number of aromatic hydroxyl groups is 1. The number of nitrogens with one attached hydrogen (secondary N) is 1. The van der Waals surface area contributed by atoms with Crippen LogP contribution in [-0.2, 0) is 6.42 Å². The number of nitrogens with zero attached hydrogens (tertiary/aromatic N) is 2. The molecule has 1 aliphatic heterocycles. The smallest absolute Gasteiger partial charge is 0.345 e. The monoisotopic (exact) mass is 419 g/mol. The van der Waals surface area contributed by atoms with Crippen molar-refractivity contribution in [2.75, 3.05) is 32.1 Å². The molecule has 1 aromatic heterocycles. The molecule has 2 heterocycles. The minimum absolute atomic E-state index is 0. The number of fused-ring (bicyclic) bond motifs is 1. The molecule has 3 N–H and O–H groups in total. The van der Waals surface area contributed by atoms with Gasteiger partial charge in [0.1, 0.15) is 5.75 Å². The Labute approximate surface area is 175 Å². The second kappa shape index (κ2) is 7.72. The van der Waals surface area contributed by atoms with Gasteiger partial charge in [0.25, 0.3) is 5.56 Å². The van der Waals surface area contributed by atoms with E-state index in [0.29, 0.717) is 23.7 Å². The topological polar surface area (TPSA) is 96.9 Å². The van der Waals surface area contributed by atoms with E-state index in [-0.39, 0.29) is 12.4 Å². The van der Waals surface area contributed by atoms with E-state index < -0.39 is 22.8 Å². The van der Waals surface area contributed by atoms with Gasteiger partial charge in [-0.2, -0.15) is 0 Å². The number of carboxylic acids is 1. The fraction of sp³-hybridized carbons (Fsp3) is 0.429. The zero-order chi connectivity index (χ0) is 20.2. The number of benzene rings is 1. The van der Waals surface area contributed by atoms with Gasteiger partial charge in [-0.1, -0.05) is 19.1 Å². The number of H-pyrrole nitrogens is 1. The SMILES string of the molecule is CCc1c(-c2ccc(N3CC4C(C3)C4N(C)C)cc2)[nH]c(=O)c(C(=O)O)c1O.Cl. The number of hydrogen-bond donors (Lipinski definition) is 3. The number of aromatic amines is 1. The summed E-state index contributed by atoms with van der Waals surface area (Å²) in [5.41, 5.74) is 1.39. The first-order valence-electron chi connectivity index (χ1n) is 9.56. The Morgan fingerprint density at radius 1 is 1.21 bits per heavy atom. The molecule has 1 aliphatic carbocycles. The Balaban J connectivity index is 0.00000240. The molecule has 2 aromatic rings. The standard InChI is InChI=1S/C21H25N3O4.ClH/c1-4-13-17(22-20(26)16(19(13)25)21(27)28)11-5-7-12(8-6-11)24-9-14-15(10-24)18(14)23(2)3;/h5-8,14-15,18H,4,9-10H2,1-3H3,(H,27,28)(H2,22,25,26);1H. The van der Waals surface area contributed by atoms with Crippen molar-refractivity contribution in [2.45, 2.75) is 19.4 Å². The number of anilines is 1. The van der Waals surface area contributed by atoms with Gasteiger partial charge >= 0.3 is 5.97 Å². The highest BCUT2D eigenvalue weighted by Crippen LogP contribution is 2.49. The third kappa shape index (κ3) is 3.49. The molecule has 1 saturated heterocycles. The molecule has 2 atom stereocenters. The highest BCUT2D eigenvalue weighted by atomic mass is 35.5. The number of rotatable bonds is 5. The quantitative estimate of drug-likeness (QED) is 0.688.